The molecule has 0 saturated carbocycles. The van der Waals surface area contributed by atoms with Crippen LogP contribution < -0.4 is 5.32 Å². The Hall–Kier alpha value is -3.52. The van der Waals surface area contributed by atoms with Crippen molar-refractivity contribution in [2.75, 3.05) is 14.1 Å². The Morgan fingerprint density at radius 2 is 1.97 bits per heavy atom. The first-order chi connectivity index (χ1) is 15.6. The molecule has 4 aromatic rings. The number of benzene rings is 2. The number of nitrogens with zero attached hydrogens (tertiary/aromatic N) is 6. The Balaban J connectivity index is 1.43. The Bertz CT molecular complexity index is 1160. The summed E-state index contributed by atoms with van der Waals surface area (Å²) in [5.41, 5.74) is 5.86. The van der Waals surface area contributed by atoms with Gasteiger partial charge in [0.25, 0.3) is 0 Å². The second-order valence-electron chi connectivity index (χ2n) is 7.56. The van der Waals surface area contributed by atoms with Crippen molar-refractivity contribution in [2.45, 2.75) is 26.6 Å². The first kappa shape index (κ1) is 21.7. The highest BCUT2D eigenvalue weighted by atomic mass is 32.1. The number of nitrogens with one attached hydrogen (secondary N) is 1. The lowest BCUT2D eigenvalue weighted by Gasteiger charge is -2.22. The maximum absolute atomic E-state index is 4.55. The van der Waals surface area contributed by atoms with Crippen molar-refractivity contribution in [1.29, 1.82) is 0 Å². The van der Waals surface area contributed by atoms with Crippen LogP contribution >= 0.6 is 11.3 Å². The Morgan fingerprint density at radius 3 is 2.66 bits per heavy atom. The molecular formula is C24H27N7S. The fourth-order valence-electron chi connectivity index (χ4n) is 3.60. The zero-order valence-electron chi connectivity index (χ0n) is 18.6. The lowest BCUT2D eigenvalue weighted by molar-refractivity contribution is 0.470. The van der Waals surface area contributed by atoms with E-state index in [1.807, 2.05) is 25.7 Å². The highest BCUT2D eigenvalue weighted by molar-refractivity contribution is 7.09. The van der Waals surface area contributed by atoms with Gasteiger partial charge in [0, 0.05) is 26.0 Å². The van der Waals surface area contributed by atoms with E-state index in [1.54, 1.807) is 24.0 Å². The van der Waals surface area contributed by atoms with Crippen LogP contribution in [0.25, 0.3) is 11.1 Å². The van der Waals surface area contributed by atoms with E-state index in [0.29, 0.717) is 13.1 Å². The summed E-state index contributed by atoms with van der Waals surface area (Å²) < 4.78 is 1.82. The molecule has 0 unspecified atom stereocenters. The van der Waals surface area contributed by atoms with E-state index >= 15 is 0 Å². The second kappa shape index (κ2) is 10.2. The molecule has 2 heterocycles. The highest BCUT2D eigenvalue weighted by Gasteiger charge is 2.11. The minimum absolute atomic E-state index is 0.685. The first-order valence-corrected chi connectivity index (χ1v) is 11.3. The van der Waals surface area contributed by atoms with Gasteiger partial charge in [0.2, 0.25) is 0 Å². The van der Waals surface area contributed by atoms with Crippen molar-refractivity contribution in [3.05, 3.63) is 88.4 Å². The average molecular weight is 446 g/mol. The van der Waals surface area contributed by atoms with Gasteiger partial charge in [-0.1, -0.05) is 48.5 Å². The number of hydrogen-bond acceptors (Lipinski definition) is 5. The average Bonchev–Trinajstić information content (AvgIpc) is 3.46. The van der Waals surface area contributed by atoms with Gasteiger partial charge in [-0.25, -0.2) is 14.6 Å². The lowest BCUT2D eigenvalue weighted by atomic mass is 9.98. The first-order valence-electron chi connectivity index (χ1n) is 10.4. The normalized spacial score (nSPS) is 11.5. The predicted octanol–water partition coefficient (Wildman–Crippen LogP) is 3.97. The third-order valence-electron chi connectivity index (χ3n) is 5.17. The molecule has 4 rings (SSSR count). The largest absolute Gasteiger partial charge is 0.352 e. The summed E-state index contributed by atoms with van der Waals surface area (Å²) >= 11 is 1.67. The van der Waals surface area contributed by atoms with Gasteiger partial charge in [-0.05, 0) is 29.2 Å². The summed E-state index contributed by atoms with van der Waals surface area (Å²) in [6.07, 6.45) is 3.29. The van der Waals surface area contributed by atoms with Crippen LogP contribution in [0.5, 0.6) is 0 Å². The van der Waals surface area contributed by atoms with Crippen molar-refractivity contribution >= 4 is 17.3 Å². The van der Waals surface area contributed by atoms with Gasteiger partial charge in [0.15, 0.2) is 5.96 Å². The Labute approximate surface area is 192 Å². The monoisotopic (exact) mass is 445 g/mol. The van der Waals surface area contributed by atoms with Gasteiger partial charge in [-0.15, -0.1) is 11.3 Å². The standard InChI is InChI=1S/C24H27N7S/c1-18-29-22(15-32-18)14-30(3)24(25-2)27-12-21-6-4-5-7-23(21)20-10-8-19(9-11-20)13-31-17-26-16-28-31/h4-11,15-17H,12-14H2,1-3H3,(H,25,27). The molecular weight excluding hydrogens is 418 g/mol. The molecule has 0 aliphatic heterocycles. The number of aromatic nitrogens is 4. The van der Waals surface area contributed by atoms with Crippen LogP contribution in [0.3, 0.4) is 0 Å². The Kier molecular flexibility index (Phi) is 6.91. The second-order valence-corrected chi connectivity index (χ2v) is 8.62. The molecule has 0 saturated heterocycles. The molecule has 0 radical (unpaired) electrons. The van der Waals surface area contributed by atoms with Gasteiger partial charge in [0.05, 0.1) is 23.8 Å². The lowest BCUT2D eigenvalue weighted by Crippen LogP contribution is -2.38. The maximum atomic E-state index is 4.55. The SMILES string of the molecule is CN=C(NCc1ccccc1-c1ccc(Cn2cncn2)cc1)N(C)Cc1csc(C)n1. The van der Waals surface area contributed by atoms with E-state index in [1.165, 1.54) is 22.3 Å². The molecule has 164 valence electrons. The van der Waals surface area contributed by atoms with Crippen molar-refractivity contribution in [2.24, 2.45) is 4.99 Å². The van der Waals surface area contributed by atoms with Crippen molar-refractivity contribution in [3.63, 3.8) is 0 Å². The number of hydrogen-bond donors (Lipinski definition) is 1. The van der Waals surface area contributed by atoms with Crippen molar-refractivity contribution in [1.82, 2.24) is 30.0 Å². The molecule has 0 amide bonds. The molecule has 32 heavy (non-hydrogen) atoms. The summed E-state index contributed by atoms with van der Waals surface area (Å²) in [6, 6.07) is 17.1. The van der Waals surface area contributed by atoms with Crippen molar-refractivity contribution in [3.8, 4) is 11.1 Å². The van der Waals surface area contributed by atoms with Gasteiger partial charge in [0.1, 0.15) is 12.7 Å². The molecule has 0 bridgehead atoms. The van der Waals surface area contributed by atoms with Crippen LogP contribution in [0.2, 0.25) is 0 Å². The summed E-state index contributed by atoms with van der Waals surface area (Å²) in [4.78, 5) is 15.1. The molecule has 0 spiro atoms. The van der Waals surface area contributed by atoms with Crippen LogP contribution in [0.4, 0.5) is 0 Å². The highest BCUT2D eigenvalue weighted by Crippen LogP contribution is 2.24. The van der Waals surface area contributed by atoms with Crippen molar-refractivity contribution < 1.29 is 0 Å². The fraction of sp³-hybridized carbons (Fsp3) is 0.250. The van der Waals surface area contributed by atoms with E-state index in [9.17, 15) is 0 Å². The quantitative estimate of drug-likeness (QED) is 0.344. The van der Waals surface area contributed by atoms with Crippen LogP contribution in [0.15, 0.2) is 71.6 Å². The summed E-state index contributed by atoms with van der Waals surface area (Å²) in [5.74, 6) is 0.841. The molecule has 0 aliphatic rings. The van der Waals surface area contributed by atoms with E-state index in [0.717, 1.165) is 23.2 Å². The molecule has 2 aromatic heterocycles. The topological polar surface area (TPSA) is 71.2 Å². The van der Waals surface area contributed by atoms with Gasteiger partial charge in [-0.2, -0.15) is 5.10 Å². The molecule has 0 fully saturated rings. The third-order valence-corrected chi connectivity index (χ3v) is 5.99. The molecule has 2 aromatic carbocycles. The fourth-order valence-corrected chi connectivity index (χ4v) is 4.21. The van der Waals surface area contributed by atoms with Crippen LogP contribution in [-0.4, -0.2) is 44.7 Å². The van der Waals surface area contributed by atoms with Gasteiger partial charge in [-0.3, -0.25) is 4.99 Å². The van der Waals surface area contributed by atoms with Crippen LogP contribution in [0, 0.1) is 6.92 Å². The molecule has 1 N–H and O–H groups in total. The number of rotatable bonds is 7. The zero-order valence-corrected chi connectivity index (χ0v) is 19.4. The summed E-state index contributed by atoms with van der Waals surface area (Å²) in [7, 11) is 3.84. The molecule has 0 aliphatic carbocycles. The maximum Gasteiger partial charge on any atom is 0.194 e. The molecule has 8 heteroatoms. The van der Waals surface area contributed by atoms with Crippen LogP contribution in [-0.2, 0) is 19.6 Å². The van der Waals surface area contributed by atoms with E-state index in [4.69, 9.17) is 0 Å². The summed E-state index contributed by atoms with van der Waals surface area (Å²) in [6.45, 7) is 4.15. The van der Waals surface area contributed by atoms with E-state index in [-0.39, 0.29) is 0 Å². The number of guanidine groups is 1. The number of aryl methyl sites for hydroxylation is 1. The number of aliphatic imine (C=N–C) groups is 1. The number of thiazole rings is 1. The zero-order chi connectivity index (χ0) is 22.3. The Morgan fingerprint density at radius 1 is 1.16 bits per heavy atom. The molecule has 7 nitrogen and oxygen atoms in total. The predicted molar refractivity (Wildman–Crippen MR) is 130 cm³/mol. The van der Waals surface area contributed by atoms with Crippen LogP contribution in [0.1, 0.15) is 21.8 Å². The van der Waals surface area contributed by atoms with Gasteiger partial charge < -0.3 is 10.2 Å². The van der Waals surface area contributed by atoms with Gasteiger partial charge >= 0.3 is 0 Å². The smallest absolute Gasteiger partial charge is 0.194 e. The third kappa shape index (κ3) is 5.39. The minimum atomic E-state index is 0.685. The minimum Gasteiger partial charge on any atom is -0.352 e. The van der Waals surface area contributed by atoms with E-state index < -0.39 is 0 Å². The molecule has 0 atom stereocenters. The summed E-state index contributed by atoms with van der Waals surface area (Å²) in [5, 5.41) is 10.9. The van der Waals surface area contributed by atoms with E-state index in [2.05, 4.69) is 84.2 Å².